The van der Waals surface area contributed by atoms with Crippen LogP contribution < -0.4 is 10.2 Å². The number of hydrogen-bond donors (Lipinski definition) is 1. The fraction of sp³-hybridized carbons (Fsp3) is 0.308. The summed E-state index contributed by atoms with van der Waals surface area (Å²) >= 11 is 1.40. The van der Waals surface area contributed by atoms with Gasteiger partial charge in [0.05, 0.1) is 11.6 Å². The van der Waals surface area contributed by atoms with Crippen molar-refractivity contribution in [2.45, 2.75) is 38.5 Å². The average Bonchev–Trinajstić information content (AvgIpc) is 3.64. The second-order valence-corrected chi connectivity index (χ2v) is 9.67. The van der Waals surface area contributed by atoms with Gasteiger partial charge in [-0.25, -0.2) is 9.07 Å². The molecule has 1 saturated heterocycles. The Morgan fingerprint density at radius 3 is 2.75 bits per heavy atom. The van der Waals surface area contributed by atoms with Crippen LogP contribution in [0.1, 0.15) is 29.3 Å². The van der Waals surface area contributed by atoms with Crippen LogP contribution in [-0.4, -0.2) is 46.1 Å². The zero-order chi connectivity index (χ0) is 25.1. The molecule has 8 nitrogen and oxygen atoms in total. The third-order valence-corrected chi connectivity index (χ3v) is 7.33. The van der Waals surface area contributed by atoms with E-state index in [0.717, 1.165) is 23.3 Å². The van der Waals surface area contributed by atoms with Crippen molar-refractivity contribution in [3.63, 3.8) is 0 Å². The average molecular weight is 508 g/mol. The number of amides is 2. The first kappa shape index (κ1) is 24.1. The minimum Gasteiger partial charge on any atom is -0.376 e. The molecule has 2 amide bonds. The molecular weight excluding hydrogens is 481 g/mol. The summed E-state index contributed by atoms with van der Waals surface area (Å²) in [7, 11) is 0. The summed E-state index contributed by atoms with van der Waals surface area (Å²) in [4.78, 5) is 29.8. The lowest BCUT2D eigenvalue weighted by atomic mass is 10.1. The van der Waals surface area contributed by atoms with Crippen LogP contribution in [0.25, 0.3) is 11.0 Å². The highest BCUT2D eigenvalue weighted by Gasteiger charge is 2.35. The molecule has 1 fully saturated rings. The lowest BCUT2D eigenvalue weighted by Crippen LogP contribution is -2.46. The predicted molar refractivity (Wildman–Crippen MR) is 135 cm³/mol. The van der Waals surface area contributed by atoms with Crippen LogP contribution in [0.15, 0.2) is 60.0 Å². The van der Waals surface area contributed by atoms with Gasteiger partial charge < -0.3 is 10.1 Å². The van der Waals surface area contributed by atoms with Crippen LogP contribution in [-0.2, 0) is 20.9 Å². The number of aromatic nitrogens is 3. The number of nitrogens with zero attached hydrogens (tertiary/aromatic N) is 4. The highest BCUT2D eigenvalue weighted by molar-refractivity contribution is 7.10. The molecule has 5 rings (SSSR count). The Morgan fingerprint density at radius 1 is 1.22 bits per heavy atom. The van der Waals surface area contributed by atoms with Crippen molar-refractivity contribution >= 4 is 39.9 Å². The maximum atomic E-state index is 13.9. The summed E-state index contributed by atoms with van der Waals surface area (Å²) in [5, 5.41) is 13.2. The number of nitrogens with one attached hydrogen (secondary N) is 1. The Kier molecular flexibility index (Phi) is 7.06. The molecule has 10 heteroatoms. The topological polar surface area (TPSA) is 89.4 Å². The second kappa shape index (κ2) is 10.5. The molecule has 0 spiro atoms. The van der Waals surface area contributed by atoms with Crippen molar-refractivity contribution in [3.8, 4) is 0 Å². The molecule has 2 aromatic heterocycles. The molecule has 2 aromatic carbocycles. The highest BCUT2D eigenvalue weighted by Crippen LogP contribution is 2.34. The minimum atomic E-state index is -0.945. The van der Waals surface area contributed by atoms with Gasteiger partial charge in [0.2, 0.25) is 11.8 Å². The number of para-hydroxylation sites is 1. The van der Waals surface area contributed by atoms with E-state index in [9.17, 15) is 14.0 Å². The Morgan fingerprint density at radius 2 is 2.03 bits per heavy atom. The maximum Gasteiger partial charge on any atom is 0.249 e. The van der Waals surface area contributed by atoms with Crippen molar-refractivity contribution in [3.05, 3.63) is 76.2 Å². The molecule has 4 aromatic rings. The summed E-state index contributed by atoms with van der Waals surface area (Å²) < 4.78 is 21.0. The zero-order valence-electron chi connectivity index (χ0n) is 19.8. The molecule has 0 bridgehead atoms. The number of carbonyl (C=O) groups is 2. The Labute approximate surface area is 211 Å². The molecule has 0 saturated carbocycles. The van der Waals surface area contributed by atoms with Crippen molar-refractivity contribution < 1.29 is 18.7 Å². The van der Waals surface area contributed by atoms with E-state index < -0.39 is 11.9 Å². The van der Waals surface area contributed by atoms with E-state index in [1.165, 1.54) is 45.2 Å². The van der Waals surface area contributed by atoms with Crippen molar-refractivity contribution in [1.82, 2.24) is 20.3 Å². The van der Waals surface area contributed by atoms with Gasteiger partial charge in [-0.15, -0.1) is 16.4 Å². The van der Waals surface area contributed by atoms with E-state index in [2.05, 4.69) is 15.6 Å². The molecule has 186 valence electrons. The summed E-state index contributed by atoms with van der Waals surface area (Å²) in [6.07, 6.45) is 1.79. The number of benzene rings is 2. The van der Waals surface area contributed by atoms with Crippen LogP contribution in [0, 0.1) is 12.7 Å². The molecular formula is C26H26FN5O3S. The molecule has 2 atom stereocenters. The zero-order valence-corrected chi connectivity index (χ0v) is 20.6. The lowest BCUT2D eigenvalue weighted by molar-refractivity contribution is -0.127. The number of anilines is 1. The van der Waals surface area contributed by atoms with E-state index >= 15 is 0 Å². The number of thiophene rings is 1. The van der Waals surface area contributed by atoms with Gasteiger partial charge in [-0.1, -0.05) is 17.3 Å². The van der Waals surface area contributed by atoms with Crippen molar-refractivity contribution in [1.29, 1.82) is 0 Å². The van der Waals surface area contributed by atoms with Gasteiger partial charge in [0, 0.05) is 23.7 Å². The molecule has 36 heavy (non-hydrogen) atoms. The molecule has 0 aliphatic carbocycles. The van der Waals surface area contributed by atoms with E-state index in [-0.39, 0.29) is 24.5 Å². The smallest absolute Gasteiger partial charge is 0.249 e. The van der Waals surface area contributed by atoms with Crippen LogP contribution in [0.4, 0.5) is 10.1 Å². The number of fused-ring (bicyclic) bond motifs is 1. The normalized spacial score (nSPS) is 16.2. The maximum absolute atomic E-state index is 13.9. The molecule has 0 radical (unpaired) electrons. The highest BCUT2D eigenvalue weighted by atomic mass is 32.1. The summed E-state index contributed by atoms with van der Waals surface area (Å²) in [6.45, 7) is 2.81. The van der Waals surface area contributed by atoms with Crippen LogP contribution >= 0.6 is 11.3 Å². The van der Waals surface area contributed by atoms with E-state index in [4.69, 9.17) is 4.74 Å². The molecule has 3 heterocycles. The van der Waals surface area contributed by atoms with Gasteiger partial charge in [-0.2, -0.15) is 0 Å². The Hall–Kier alpha value is -3.63. The molecule has 1 N–H and O–H groups in total. The summed E-state index contributed by atoms with van der Waals surface area (Å²) in [6, 6.07) is 13.9. The molecule has 0 unspecified atom stereocenters. The van der Waals surface area contributed by atoms with Crippen molar-refractivity contribution in [2.24, 2.45) is 0 Å². The molecule has 1 aliphatic rings. The number of halogens is 1. The molecule has 1 aliphatic heterocycles. The predicted octanol–water partition coefficient (Wildman–Crippen LogP) is 4.01. The first-order valence-electron chi connectivity index (χ1n) is 11.8. The van der Waals surface area contributed by atoms with Crippen LogP contribution in [0.5, 0.6) is 0 Å². The third-order valence-electron chi connectivity index (χ3n) is 6.26. The van der Waals surface area contributed by atoms with Crippen molar-refractivity contribution in [2.75, 3.05) is 18.1 Å². The van der Waals surface area contributed by atoms with E-state index in [1.54, 1.807) is 0 Å². The van der Waals surface area contributed by atoms with Gasteiger partial charge in [0.15, 0.2) is 0 Å². The largest absolute Gasteiger partial charge is 0.376 e. The van der Waals surface area contributed by atoms with E-state index in [1.807, 2.05) is 42.6 Å². The van der Waals surface area contributed by atoms with Gasteiger partial charge in [0.25, 0.3) is 0 Å². The standard InChI is InChI=1S/C26H26FN5O3S/c1-17-12-14-36-25(17)24(26(34)28-15-20-5-4-13-35-20)32(19-10-8-18(27)9-11-19)23(33)16-31-22-7-3-2-6-21(22)29-30-31/h2-3,6-12,14,20,24H,4-5,13,15-16H2,1H3,(H,28,34)/t20-,24+/m0/s1. The second-order valence-electron chi connectivity index (χ2n) is 8.73. The fourth-order valence-corrected chi connectivity index (χ4v) is 5.43. The Bertz CT molecular complexity index is 1360. The summed E-state index contributed by atoms with van der Waals surface area (Å²) in [5.41, 5.74) is 2.68. The van der Waals surface area contributed by atoms with Gasteiger partial charge in [-0.05, 0) is 73.2 Å². The monoisotopic (exact) mass is 507 g/mol. The number of hydrogen-bond acceptors (Lipinski definition) is 6. The minimum absolute atomic E-state index is 0.0458. The fourth-order valence-electron chi connectivity index (χ4n) is 4.41. The number of aryl methyl sites for hydroxylation is 1. The van der Waals surface area contributed by atoms with Gasteiger partial charge in [0.1, 0.15) is 23.9 Å². The SMILES string of the molecule is Cc1ccsc1[C@H](C(=O)NC[C@@H]1CCCO1)N(C(=O)Cn1nnc2ccccc21)c1ccc(F)cc1. The van der Waals surface area contributed by atoms with Gasteiger partial charge in [-0.3, -0.25) is 14.5 Å². The summed E-state index contributed by atoms with van der Waals surface area (Å²) in [5.74, 6) is -1.13. The number of rotatable bonds is 8. The quantitative estimate of drug-likeness (QED) is 0.389. The van der Waals surface area contributed by atoms with Crippen LogP contribution in [0.3, 0.4) is 0 Å². The van der Waals surface area contributed by atoms with Gasteiger partial charge >= 0.3 is 0 Å². The number of carbonyl (C=O) groups excluding carboxylic acids is 2. The third kappa shape index (κ3) is 5.00. The number of ether oxygens (including phenoxy) is 1. The first-order chi connectivity index (χ1) is 17.5. The first-order valence-corrected chi connectivity index (χ1v) is 12.7. The van der Waals surface area contributed by atoms with E-state index in [0.29, 0.717) is 29.9 Å². The van der Waals surface area contributed by atoms with Crippen LogP contribution in [0.2, 0.25) is 0 Å². The Balaban J connectivity index is 1.52. The lowest BCUT2D eigenvalue weighted by Gasteiger charge is -2.31.